The van der Waals surface area contributed by atoms with E-state index >= 15 is 0 Å². The molecule has 1 aliphatic heterocycles. The number of nitrogens with zero attached hydrogens (tertiary/aromatic N) is 2. The van der Waals surface area contributed by atoms with E-state index in [4.69, 9.17) is 10.5 Å². The van der Waals surface area contributed by atoms with E-state index in [1.54, 1.807) is 0 Å². The fraction of sp³-hybridized carbons (Fsp3) is 0.941. The molecule has 2 N–H and O–H groups in total. The van der Waals surface area contributed by atoms with Crippen molar-refractivity contribution in [1.29, 1.82) is 0 Å². The standard InChI is InChI=1S/C17H33N3O2/c1-17(2,3)22-16(21)20-11-9-19(10-12-20)15(13-18)14-7-5-4-6-8-14/h14-15H,4-13,18H2,1-3H3. The van der Waals surface area contributed by atoms with E-state index < -0.39 is 5.60 Å². The van der Waals surface area contributed by atoms with Crippen LogP contribution in [0.25, 0.3) is 0 Å². The van der Waals surface area contributed by atoms with E-state index in [0.717, 1.165) is 38.6 Å². The number of hydrogen-bond acceptors (Lipinski definition) is 4. The Hall–Kier alpha value is -0.810. The lowest BCUT2D eigenvalue weighted by molar-refractivity contribution is 0.00572. The molecule has 0 aromatic rings. The number of carbonyl (C=O) groups excluding carboxylic acids is 1. The van der Waals surface area contributed by atoms with E-state index in [-0.39, 0.29) is 6.09 Å². The molecule has 128 valence electrons. The van der Waals surface area contributed by atoms with Gasteiger partial charge in [0.1, 0.15) is 5.60 Å². The number of piperazine rings is 1. The first-order valence-electron chi connectivity index (χ1n) is 8.83. The summed E-state index contributed by atoms with van der Waals surface area (Å²) in [7, 11) is 0. The minimum atomic E-state index is -0.421. The zero-order valence-electron chi connectivity index (χ0n) is 14.5. The van der Waals surface area contributed by atoms with Crippen molar-refractivity contribution in [3.8, 4) is 0 Å². The highest BCUT2D eigenvalue weighted by molar-refractivity contribution is 5.68. The second kappa shape index (κ2) is 7.64. The van der Waals surface area contributed by atoms with Crippen LogP contribution in [0.2, 0.25) is 0 Å². The second-order valence-corrected chi connectivity index (χ2v) is 7.70. The minimum Gasteiger partial charge on any atom is -0.444 e. The molecule has 5 heteroatoms. The number of rotatable bonds is 3. The lowest BCUT2D eigenvalue weighted by Crippen LogP contribution is -2.56. The van der Waals surface area contributed by atoms with Gasteiger partial charge >= 0.3 is 6.09 Å². The van der Waals surface area contributed by atoms with Gasteiger partial charge in [0.25, 0.3) is 0 Å². The maximum absolute atomic E-state index is 12.1. The summed E-state index contributed by atoms with van der Waals surface area (Å²) in [6.45, 7) is 9.79. The van der Waals surface area contributed by atoms with Crippen molar-refractivity contribution in [3.05, 3.63) is 0 Å². The van der Waals surface area contributed by atoms with Crippen molar-refractivity contribution < 1.29 is 9.53 Å². The van der Waals surface area contributed by atoms with Crippen LogP contribution in [0.4, 0.5) is 4.79 Å². The van der Waals surface area contributed by atoms with Crippen molar-refractivity contribution in [1.82, 2.24) is 9.80 Å². The number of amides is 1. The molecule has 1 amide bonds. The third-order valence-electron chi connectivity index (χ3n) is 4.87. The van der Waals surface area contributed by atoms with Gasteiger partial charge in [-0.3, -0.25) is 4.90 Å². The Morgan fingerprint density at radius 1 is 1.14 bits per heavy atom. The molecule has 0 radical (unpaired) electrons. The van der Waals surface area contributed by atoms with Crippen LogP contribution in [-0.4, -0.2) is 60.3 Å². The van der Waals surface area contributed by atoms with E-state index in [9.17, 15) is 4.79 Å². The van der Waals surface area contributed by atoms with Crippen LogP contribution in [0.3, 0.4) is 0 Å². The smallest absolute Gasteiger partial charge is 0.410 e. The molecule has 1 saturated carbocycles. The minimum absolute atomic E-state index is 0.186. The third kappa shape index (κ3) is 4.85. The lowest BCUT2D eigenvalue weighted by atomic mass is 9.83. The summed E-state index contributed by atoms with van der Waals surface area (Å²) >= 11 is 0. The van der Waals surface area contributed by atoms with Gasteiger partial charge in [0.2, 0.25) is 0 Å². The molecule has 0 aromatic carbocycles. The monoisotopic (exact) mass is 311 g/mol. The van der Waals surface area contributed by atoms with Crippen LogP contribution in [0.1, 0.15) is 52.9 Å². The summed E-state index contributed by atoms with van der Waals surface area (Å²) in [6, 6.07) is 0.487. The highest BCUT2D eigenvalue weighted by Crippen LogP contribution is 2.29. The quantitative estimate of drug-likeness (QED) is 0.870. The van der Waals surface area contributed by atoms with Gasteiger partial charge in [0, 0.05) is 38.8 Å². The number of hydrogen-bond donors (Lipinski definition) is 1. The molecular weight excluding hydrogens is 278 g/mol. The van der Waals surface area contributed by atoms with E-state index in [1.165, 1.54) is 32.1 Å². The fourth-order valence-electron chi connectivity index (χ4n) is 3.72. The molecule has 2 aliphatic rings. The molecule has 1 saturated heterocycles. The van der Waals surface area contributed by atoms with Gasteiger partial charge in [0.05, 0.1) is 0 Å². The molecule has 0 aromatic heterocycles. The first-order chi connectivity index (χ1) is 10.4. The largest absolute Gasteiger partial charge is 0.444 e. The molecular formula is C17H33N3O2. The van der Waals surface area contributed by atoms with Crippen molar-refractivity contribution in [2.45, 2.75) is 64.5 Å². The third-order valence-corrected chi connectivity index (χ3v) is 4.87. The van der Waals surface area contributed by atoms with Crippen LogP contribution in [0, 0.1) is 5.92 Å². The van der Waals surface area contributed by atoms with Gasteiger partial charge in [-0.15, -0.1) is 0 Å². The average Bonchev–Trinajstić information content (AvgIpc) is 2.48. The number of carbonyl (C=O) groups is 1. The van der Waals surface area contributed by atoms with Crippen LogP contribution < -0.4 is 5.73 Å². The van der Waals surface area contributed by atoms with Crippen LogP contribution in [0.15, 0.2) is 0 Å². The maximum atomic E-state index is 12.1. The molecule has 1 atom stereocenters. The Morgan fingerprint density at radius 3 is 2.23 bits per heavy atom. The van der Waals surface area contributed by atoms with E-state index in [0.29, 0.717) is 6.04 Å². The van der Waals surface area contributed by atoms with Crippen LogP contribution in [-0.2, 0) is 4.74 Å². The Morgan fingerprint density at radius 2 is 1.73 bits per heavy atom. The van der Waals surface area contributed by atoms with E-state index in [1.807, 2.05) is 25.7 Å². The summed E-state index contributed by atoms with van der Waals surface area (Å²) in [4.78, 5) is 16.4. The van der Waals surface area contributed by atoms with Crippen molar-refractivity contribution in [3.63, 3.8) is 0 Å². The Labute approximate surface area is 135 Å². The van der Waals surface area contributed by atoms with Gasteiger partial charge in [-0.2, -0.15) is 0 Å². The first-order valence-corrected chi connectivity index (χ1v) is 8.83. The molecule has 1 unspecified atom stereocenters. The van der Waals surface area contributed by atoms with Crippen molar-refractivity contribution in [2.24, 2.45) is 11.7 Å². The molecule has 1 aliphatic carbocycles. The Bertz CT molecular complexity index is 353. The van der Waals surface area contributed by atoms with Crippen LogP contribution in [0.5, 0.6) is 0 Å². The normalized spacial score (nSPS) is 23.4. The summed E-state index contributed by atoms with van der Waals surface area (Å²) in [5, 5.41) is 0. The molecule has 22 heavy (non-hydrogen) atoms. The predicted molar refractivity (Wildman–Crippen MR) is 88.8 cm³/mol. The molecule has 0 spiro atoms. The molecule has 2 rings (SSSR count). The van der Waals surface area contributed by atoms with E-state index in [2.05, 4.69) is 4.90 Å². The molecule has 0 bridgehead atoms. The number of nitrogens with two attached hydrogens (primary N) is 1. The molecule has 1 heterocycles. The summed E-state index contributed by atoms with van der Waals surface area (Å²) in [5.41, 5.74) is 5.64. The summed E-state index contributed by atoms with van der Waals surface area (Å²) < 4.78 is 5.46. The van der Waals surface area contributed by atoms with Gasteiger partial charge in [-0.25, -0.2) is 4.79 Å². The van der Waals surface area contributed by atoms with Crippen molar-refractivity contribution >= 4 is 6.09 Å². The SMILES string of the molecule is CC(C)(C)OC(=O)N1CCN(C(CN)C2CCCCC2)CC1. The lowest BCUT2D eigenvalue weighted by Gasteiger charge is -2.43. The van der Waals surface area contributed by atoms with Gasteiger partial charge in [-0.1, -0.05) is 19.3 Å². The maximum Gasteiger partial charge on any atom is 0.410 e. The zero-order valence-corrected chi connectivity index (χ0v) is 14.5. The summed E-state index contributed by atoms with van der Waals surface area (Å²) in [6.07, 6.45) is 6.51. The molecule has 2 fully saturated rings. The van der Waals surface area contributed by atoms with Crippen molar-refractivity contribution in [2.75, 3.05) is 32.7 Å². The van der Waals surface area contributed by atoms with Gasteiger partial charge in [0.15, 0.2) is 0 Å². The highest BCUT2D eigenvalue weighted by Gasteiger charge is 2.32. The molecule has 5 nitrogen and oxygen atoms in total. The topological polar surface area (TPSA) is 58.8 Å². The Balaban J connectivity index is 1.83. The second-order valence-electron chi connectivity index (χ2n) is 7.70. The number of ether oxygens (including phenoxy) is 1. The zero-order chi connectivity index (χ0) is 16.2. The fourth-order valence-corrected chi connectivity index (χ4v) is 3.72. The van der Waals surface area contributed by atoms with Gasteiger partial charge < -0.3 is 15.4 Å². The predicted octanol–water partition coefficient (Wildman–Crippen LogP) is 2.45. The van der Waals surface area contributed by atoms with Gasteiger partial charge in [-0.05, 0) is 39.5 Å². The van der Waals surface area contributed by atoms with Crippen LogP contribution >= 0.6 is 0 Å². The summed E-state index contributed by atoms with van der Waals surface area (Å²) in [5.74, 6) is 0.742. The first kappa shape index (κ1) is 17.5. The Kier molecular flexibility index (Phi) is 6.09. The highest BCUT2D eigenvalue weighted by atomic mass is 16.6. The average molecular weight is 311 g/mol.